The average molecular weight is 453 g/mol. The number of piperidine rings is 1. The normalized spacial score (nSPS) is 14.1. The zero-order valence-corrected chi connectivity index (χ0v) is 18.6. The van der Waals surface area contributed by atoms with Crippen LogP contribution in [0.5, 0.6) is 11.5 Å². The number of pyridine rings is 1. The molecule has 1 aliphatic heterocycles. The van der Waals surface area contributed by atoms with E-state index < -0.39 is 0 Å². The van der Waals surface area contributed by atoms with Crippen molar-refractivity contribution in [2.75, 3.05) is 18.8 Å². The van der Waals surface area contributed by atoms with Crippen molar-refractivity contribution in [2.45, 2.75) is 25.2 Å². The maximum absolute atomic E-state index is 12.1. The van der Waals surface area contributed by atoms with Crippen LogP contribution >= 0.6 is 0 Å². The van der Waals surface area contributed by atoms with Gasteiger partial charge < -0.3 is 15.4 Å². The van der Waals surface area contributed by atoms with Gasteiger partial charge in [0.15, 0.2) is 5.82 Å². The van der Waals surface area contributed by atoms with Crippen molar-refractivity contribution in [3.63, 3.8) is 0 Å². The number of fused-ring (bicyclic) bond motifs is 1. The second-order valence-corrected chi connectivity index (χ2v) is 8.36. The van der Waals surface area contributed by atoms with Crippen LogP contribution < -0.4 is 10.5 Å². The van der Waals surface area contributed by atoms with Gasteiger partial charge in [0, 0.05) is 30.3 Å². The Labute approximate surface area is 197 Å². The molecule has 0 atom stereocenters. The van der Waals surface area contributed by atoms with Gasteiger partial charge in [-0.3, -0.25) is 14.9 Å². The number of para-hydroxylation sites is 1. The molecule has 4 aromatic rings. The van der Waals surface area contributed by atoms with Gasteiger partial charge in [-0.15, -0.1) is 0 Å². The van der Waals surface area contributed by atoms with Crippen molar-refractivity contribution < 1.29 is 9.53 Å². The van der Waals surface area contributed by atoms with Crippen LogP contribution in [0.25, 0.3) is 22.2 Å². The Kier molecular flexibility index (Phi) is 5.83. The number of ether oxygens (including phenoxy) is 1. The summed E-state index contributed by atoms with van der Waals surface area (Å²) in [6, 6.07) is 21.3. The maximum Gasteiger partial charge on any atom is 0.236 e. The minimum Gasteiger partial charge on any atom is -0.457 e. The van der Waals surface area contributed by atoms with Crippen molar-refractivity contribution >= 4 is 22.6 Å². The van der Waals surface area contributed by atoms with Gasteiger partial charge in [0.25, 0.3) is 0 Å². The molecule has 1 aliphatic rings. The lowest BCUT2D eigenvalue weighted by Crippen LogP contribution is -2.37. The first-order valence-electron chi connectivity index (χ1n) is 11.2. The summed E-state index contributed by atoms with van der Waals surface area (Å²) in [6.45, 7) is 1.24. The molecule has 8 nitrogen and oxygen atoms in total. The first-order valence-corrected chi connectivity index (χ1v) is 11.2. The number of nitrogens with one attached hydrogen (secondary N) is 1. The highest BCUT2D eigenvalue weighted by Gasteiger charge is 2.26. The van der Waals surface area contributed by atoms with Gasteiger partial charge >= 0.3 is 0 Å². The van der Waals surface area contributed by atoms with E-state index in [0.717, 1.165) is 52.2 Å². The molecule has 0 spiro atoms. The number of nitrogen functional groups attached to an aromatic ring is 1. The van der Waals surface area contributed by atoms with Crippen molar-refractivity contribution in [3.8, 4) is 28.8 Å². The average Bonchev–Trinajstić information content (AvgIpc) is 3.25. The lowest BCUT2D eigenvalue weighted by Gasteiger charge is -2.31. The summed E-state index contributed by atoms with van der Waals surface area (Å²) in [5, 5.41) is 16.8. The lowest BCUT2D eigenvalue weighted by molar-refractivity contribution is -0.131. The summed E-state index contributed by atoms with van der Waals surface area (Å²) >= 11 is 0. The molecule has 0 aliphatic carbocycles. The van der Waals surface area contributed by atoms with Crippen molar-refractivity contribution in [2.24, 2.45) is 0 Å². The number of benzene rings is 2. The quantitative estimate of drug-likeness (QED) is 0.456. The Balaban J connectivity index is 1.42. The molecule has 5 rings (SSSR count). The predicted molar refractivity (Wildman–Crippen MR) is 129 cm³/mol. The van der Waals surface area contributed by atoms with E-state index in [1.165, 1.54) is 0 Å². The number of nitriles is 1. The van der Waals surface area contributed by atoms with E-state index in [1.807, 2.05) is 66.7 Å². The Bertz CT molecular complexity index is 1350. The van der Waals surface area contributed by atoms with Crippen LogP contribution in [0.4, 0.5) is 5.82 Å². The van der Waals surface area contributed by atoms with Gasteiger partial charge in [0.05, 0.1) is 22.7 Å². The Morgan fingerprint density at radius 3 is 2.53 bits per heavy atom. The van der Waals surface area contributed by atoms with Crippen LogP contribution in [0.3, 0.4) is 0 Å². The second kappa shape index (κ2) is 9.24. The van der Waals surface area contributed by atoms with Crippen LogP contribution in [0.2, 0.25) is 0 Å². The standard InChI is InChI=1S/C26H24N6O2/c27-13-10-23(33)32-14-11-17(12-15-32)21-16-22-24(26(28)31-30-22)25(29-21)18-6-8-20(9-7-18)34-19-4-2-1-3-5-19/h1-9,16-17H,10-12,14-15H2,(H3,28,30,31). The van der Waals surface area contributed by atoms with Crippen LogP contribution in [0.15, 0.2) is 60.7 Å². The first kappa shape index (κ1) is 21.5. The molecular formula is C26H24N6O2. The highest BCUT2D eigenvalue weighted by Crippen LogP contribution is 2.36. The molecule has 1 amide bonds. The fourth-order valence-corrected chi connectivity index (χ4v) is 4.42. The first-order chi connectivity index (χ1) is 16.6. The number of likely N-dealkylation sites (tertiary alicyclic amines) is 1. The Morgan fingerprint density at radius 1 is 1.12 bits per heavy atom. The van der Waals surface area contributed by atoms with E-state index in [2.05, 4.69) is 10.2 Å². The third kappa shape index (κ3) is 4.28. The Morgan fingerprint density at radius 2 is 1.82 bits per heavy atom. The van der Waals surface area contributed by atoms with E-state index in [0.29, 0.717) is 18.9 Å². The highest BCUT2D eigenvalue weighted by atomic mass is 16.5. The summed E-state index contributed by atoms with van der Waals surface area (Å²) in [6.07, 6.45) is 1.52. The molecule has 8 heteroatoms. The third-order valence-corrected chi connectivity index (χ3v) is 6.20. The number of hydrogen-bond donors (Lipinski definition) is 2. The van der Waals surface area contributed by atoms with Gasteiger partial charge in [-0.05, 0) is 55.3 Å². The fraction of sp³-hybridized carbons (Fsp3) is 0.231. The summed E-state index contributed by atoms with van der Waals surface area (Å²) in [7, 11) is 0. The minimum absolute atomic E-state index is 0.0730. The molecule has 0 radical (unpaired) electrons. The van der Waals surface area contributed by atoms with E-state index in [-0.39, 0.29) is 18.2 Å². The minimum atomic E-state index is -0.107. The zero-order chi connectivity index (χ0) is 23.5. The van der Waals surface area contributed by atoms with E-state index in [1.54, 1.807) is 4.90 Å². The monoisotopic (exact) mass is 452 g/mol. The number of anilines is 1. The number of nitrogens with two attached hydrogens (primary N) is 1. The van der Waals surface area contributed by atoms with Crippen molar-refractivity contribution in [1.29, 1.82) is 5.26 Å². The van der Waals surface area contributed by atoms with Gasteiger partial charge in [0.2, 0.25) is 5.91 Å². The highest BCUT2D eigenvalue weighted by molar-refractivity contribution is 6.00. The number of carbonyl (C=O) groups excluding carboxylic acids is 1. The Hall–Kier alpha value is -4.38. The number of H-pyrrole nitrogens is 1. The number of amides is 1. The predicted octanol–water partition coefficient (Wildman–Crippen LogP) is 4.62. The summed E-state index contributed by atoms with van der Waals surface area (Å²) in [5.41, 5.74) is 9.65. The van der Waals surface area contributed by atoms with Gasteiger partial charge in [-0.1, -0.05) is 18.2 Å². The number of nitrogens with zero attached hydrogens (tertiary/aromatic N) is 4. The van der Waals surface area contributed by atoms with E-state index in [9.17, 15) is 4.79 Å². The number of aromatic amines is 1. The SMILES string of the molecule is N#CCC(=O)N1CCC(c2cc3[nH]nc(N)c3c(-c3ccc(Oc4ccccc4)cc3)n2)CC1. The van der Waals surface area contributed by atoms with Crippen molar-refractivity contribution in [3.05, 3.63) is 66.4 Å². The van der Waals surface area contributed by atoms with Crippen molar-refractivity contribution in [1.82, 2.24) is 20.1 Å². The smallest absolute Gasteiger partial charge is 0.236 e. The number of carbonyl (C=O) groups is 1. The summed E-state index contributed by atoms with van der Waals surface area (Å²) in [4.78, 5) is 18.8. The molecule has 2 aromatic heterocycles. The van der Waals surface area contributed by atoms with E-state index in [4.69, 9.17) is 20.7 Å². The second-order valence-electron chi connectivity index (χ2n) is 8.36. The zero-order valence-electron chi connectivity index (χ0n) is 18.6. The molecule has 1 saturated heterocycles. The topological polar surface area (TPSA) is 121 Å². The number of aromatic nitrogens is 3. The summed E-state index contributed by atoms with van der Waals surface area (Å²) in [5.74, 6) is 2.02. The van der Waals surface area contributed by atoms with Crippen LogP contribution in [0.1, 0.15) is 30.9 Å². The molecule has 170 valence electrons. The number of hydrogen-bond acceptors (Lipinski definition) is 6. The van der Waals surface area contributed by atoms with Crippen LogP contribution in [-0.4, -0.2) is 39.1 Å². The molecule has 2 aromatic carbocycles. The molecule has 3 N–H and O–H groups in total. The van der Waals surface area contributed by atoms with E-state index >= 15 is 0 Å². The van der Waals surface area contributed by atoms with Gasteiger partial charge in [0.1, 0.15) is 17.9 Å². The van der Waals surface area contributed by atoms with Crippen LogP contribution in [0, 0.1) is 11.3 Å². The maximum atomic E-state index is 12.1. The van der Waals surface area contributed by atoms with Gasteiger partial charge in [-0.2, -0.15) is 10.4 Å². The molecular weight excluding hydrogens is 428 g/mol. The molecule has 1 fully saturated rings. The lowest BCUT2D eigenvalue weighted by atomic mass is 9.92. The molecule has 0 unspecified atom stereocenters. The summed E-state index contributed by atoms with van der Waals surface area (Å²) < 4.78 is 5.92. The molecule has 3 heterocycles. The molecule has 0 bridgehead atoms. The molecule has 0 saturated carbocycles. The fourth-order valence-electron chi connectivity index (χ4n) is 4.42. The third-order valence-electron chi connectivity index (χ3n) is 6.20. The molecule has 34 heavy (non-hydrogen) atoms. The largest absolute Gasteiger partial charge is 0.457 e. The van der Waals surface area contributed by atoms with Crippen LogP contribution in [-0.2, 0) is 4.79 Å². The van der Waals surface area contributed by atoms with Gasteiger partial charge in [-0.25, -0.2) is 0 Å². The number of rotatable bonds is 5.